The highest BCUT2D eigenvalue weighted by Gasteiger charge is 2.44. The molecule has 6 aromatic rings. The number of benzene rings is 4. The highest BCUT2D eigenvalue weighted by molar-refractivity contribution is 7.24. The van der Waals surface area contributed by atoms with Crippen molar-refractivity contribution in [2.75, 3.05) is 4.90 Å². The number of fused-ring (bicyclic) bond motifs is 3. The number of carbonyl (C=O) groups is 1. The first kappa shape index (κ1) is 30.8. The lowest BCUT2D eigenvalue weighted by molar-refractivity contribution is -0.132. The number of nitrogens with zero attached hydrogens (tertiary/aromatic N) is 2. The fraction of sp³-hybridized carbons (Fsp3) is 0.182. The van der Waals surface area contributed by atoms with Gasteiger partial charge in [0.1, 0.15) is 11.6 Å². The predicted octanol–water partition coefficient (Wildman–Crippen LogP) is 11.8. The molecule has 2 aromatic heterocycles. The van der Waals surface area contributed by atoms with Crippen LogP contribution in [0.15, 0.2) is 115 Å². The first-order valence-corrected chi connectivity index (χ1v) is 18.8. The third-order valence-corrected chi connectivity index (χ3v) is 13.2. The average Bonchev–Trinajstić information content (AvgIpc) is 3.92. The number of hydrogen-bond donors (Lipinski definition) is 1. The Labute approximate surface area is 300 Å². The first-order valence-electron chi connectivity index (χ1n) is 17.1. The van der Waals surface area contributed by atoms with Gasteiger partial charge in [-0.3, -0.25) is 0 Å². The molecule has 1 N–H and O–H groups in total. The van der Waals surface area contributed by atoms with Crippen LogP contribution in [-0.2, 0) is 16.6 Å². The highest BCUT2D eigenvalue weighted by Crippen LogP contribution is 2.59. The molecule has 0 radical (unpaired) electrons. The van der Waals surface area contributed by atoms with Crippen LogP contribution in [0.2, 0.25) is 0 Å². The quantitative estimate of drug-likeness (QED) is 0.140. The third-order valence-electron chi connectivity index (χ3n) is 10.9. The summed E-state index contributed by atoms with van der Waals surface area (Å²) in [7, 11) is 0. The Hall–Kier alpha value is -5.22. The van der Waals surface area contributed by atoms with Crippen LogP contribution in [0, 0.1) is 11.3 Å². The Morgan fingerprint density at radius 3 is 2.42 bits per heavy atom. The molecule has 9 rings (SSSR count). The van der Waals surface area contributed by atoms with Gasteiger partial charge in [0.2, 0.25) is 0 Å². The van der Waals surface area contributed by atoms with E-state index in [1.165, 1.54) is 91.0 Å². The Kier molecular flexibility index (Phi) is 7.20. The van der Waals surface area contributed by atoms with Gasteiger partial charge in [-0.2, -0.15) is 5.26 Å². The molecule has 0 spiro atoms. The summed E-state index contributed by atoms with van der Waals surface area (Å²) in [4.78, 5) is 18.2. The van der Waals surface area contributed by atoms with Crippen LogP contribution in [0.25, 0.3) is 37.4 Å². The molecule has 244 valence electrons. The number of aliphatic carboxylic acids is 1. The van der Waals surface area contributed by atoms with Crippen molar-refractivity contribution < 1.29 is 9.90 Å². The van der Waals surface area contributed by atoms with Crippen molar-refractivity contribution in [1.82, 2.24) is 0 Å². The van der Waals surface area contributed by atoms with Crippen LogP contribution in [0.4, 0.5) is 11.4 Å². The minimum Gasteiger partial charge on any atom is -0.477 e. The molecule has 2 atom stereocenters. The van der Waals surface area contributed by atoms with E-state index in [1.54, 1.807) is 17.4 Å². The lowest BCUT2D eigenvalue weighted by Crippen LogP contribution is -2.23. The second-order valence-electron chi connectivity index (χ2n) is 14.0. The fourth-order valence-corrected chi connectivity index (χ4v) is 10.7. The van der Waals surface area contributed by atoms with Crippen molar-refractivity contribution in [2.45, 2.75) is 50.5 Å². The van der Waals surface area contributed by atoms with Gasteiger partial charge in [0.25, 0.3) is 0 Å². The molecule has 50 heavy (non-hydrogen) atoms. The molecule has 0 saturated heterocycles. The molecule has 6 heteroatoms. The Morgan fingerprint density at radius 2 is 1.60 bits per heavy atom. The lowest BCUT2D eigenvalue weighted by atomic mass is 9.78. The normalized spacial score (nSPS) is 18.3. The minimum atomic E-state index is -1.21. The zero-order chi connectivity index (χ0) is 34.1. The van der Waals surface area contributed by atoms with E-state index < -0.39 is 5.97 Å². The Morgan fingerprint density at radius 1 is 0.860 bits per heavy atom. The maximum Gasteiger partial charge on any atom is 0.346 e. The SMILES string of the molecule is CC1(C)c2ccccc2-c2ccc(N3c4cc(-c5ccc(-c6ccc(/C=C(\C#N)C(=O)O)s6)s5)cc5c4C(CCC5)C3c3ccccc3)cc21. The number of carboxylic acid groups (broad SMARTS) is 1. The van der Waals surface area contributed by atoms with Crippen molar-refractivity contribution in [3.8, 4) is 37.4 Å². The second-order valence-corrected chi connectivity index (χ2v) is 16.2. The molecule has 1 aliphatic heterocycles. The molecule has 4 aromatic carbocycles. The Balaban J connectivity index is 1.16. The van der Waals surface area contributed by atoms with Gasteiger partial charge in [-0.05, 0) is 118 Å². The summed E-state index contributed by atoms with van der Waals surface area (Å²) in [5, 5.41) is 18.5. The number of thiophene rings is 2. The van der Waals surface area contributed by atoms with Gasteiger partial charge >= 0.3 is 5.97 Å². The lowest BCUT2D eigenvalue weighted by Gasteiger charge is -2.33. The monoisotopic (exact) mass is 686 g/mol. The molecule has 0 fully saturated rings. The second kappa shape index (κ2) is 11.7. The van der Waals surface area contributed by atoms with Crippen molar-refractivity contribution in [3.63, 3.8) is 0 Å². The topological polar surface area (TPSA) is 64.3 Å². The number of aryl methyl sites for hydroxylation is 1. The van der Waals surface area contributed by atoms with Gasteiger partial charge in [-0.1, -0.05) is 74.5 Å². The summed E-state index contributed by atoms with van der Waals surface area (Å²) in [5.74, 6) is -0.787. The van der Waals surface area contributed by atoms with E-state index in [0.717, 1.165) is 21.1 Å². The van der Waals surface area contributed by atoms with Crippen LogP contribution < -0.4 is 4.90 Å². The van der Waals surface area contributed by atoms with Crippen molar-refractivity contribution in [2.24, 2.45) is 0 Å². The van der Waals surface area contributed by atoms with Gasteiger partial charge in [-0.15, -0.1) is 22.7 Å². The molecular formula is C44H34N2O2S2. The summed E-state index contributed by atoms with van der Waals surface area (Å²) in [6.07, 6.45) is 4.87. The molecule has 4 nitrogen and oxygen atoms in total. The fourth-order valence-electron chi connectivity index (χ4n) is 8.62. The maximum absolute atomic E-state index is 11.4. The van der Waals surface area contributed by atoms with E-state index in [-0.39, 0.29) is 17.0 Å². The van der Waals surface area contributed by atoms with E-state index in [4.69, 9.17) is 0 Å². The molecule has 3 aliphatic rings. The molecular weight excluding hydrogens is 653 g/mol. The predicted molar refractivity (Wildman–Crippen MR) is 205 cm³/mol. The van der Waals surface area contributed by atoms with Crippen LogP contribution in [0.5, 0.6) is 0 Å². The summed E-state index contributed by atoms with van der Waals surface area (Å²) in [5.41, 5.74) is 13.2. The third kappa shape index (κ3) is 4.80. The van der Waals surface area contributed by atoms with E-state index in [0.29, 0.717) is 5.92 Å². The van der Waals surface area contributed by atoms with Gasteiger partial charge in [0, 0.05) is 42.2 Å². The smallest absolute Gasteiger partial charge is 0.346 e. The largest absolute Gasteiger partial charge is 0.477 e. The van der Waals surface area contributed by atoms with Gasteiger partial charge in [0.15, 0.2) is 0 Å². The molecule has 2 aliphatic carbocycles. The van der Waals surface area contributed by atoms with Crippen molar-refractivity contribution in [1.29, 1.82) is 5.26 Å². The number of rotatable bonds is 6. The Bertz CT molecular complexity index is 2410. The molecule has 3 heterocycles. The maximum atomic E-state index is 11.4. The summed E-state index contributed by atoms with van der Waals surface area (Å²) < 4.78 is 0. The van der Waals surface area contributed by atoms with Crippen LogP contribution >= 0.6 is 22.7 Å². The van der Waals surface area contributed by atoms with E-state index in [2.05, 4.69) is 116 Å². The van der Waals surface area contributed by atoms with Gasteiger partial charge < -0.3 is 10.0 Å². The number of hydrogen-bond acceptors (Lipinski definition) is 5. The first-order chi connectivity index (χ1) is 24.3. The number of anilines is 2. The molecule has 0 saturated carbocycles. The number of carboxylic acids is 1. The summed E-state index contributed by atoms with van der Waals surface area (Å²) in [6.45, 7) is 4.72. The highest BCUT2D eigenvalue weighted by atomic mass is 32.1. The van der Waals surface area contributed by atoms with Crippen molar-refractivity contribution >= 4 is 46.1 Å². The minimum absolute atomic E-state index is 0.0816. The standard InChI is InChI=1S/C44H34N2O2S2/c1-44(2)35-14-7-6-12-32(35)33-17-15-30(24-36(33)44)46-37-23-28(21-27-11-8-13-34(41(27)37)42(46)26-9-4-3-5-10-26)38-19-20-40(50-38)39-18-16-31(49-39)22-29(25-45)43(47)48/h3-7,9-10,12,14-24,34,42H,8,11,13H2,1-2H3,(H,47,48)/b29-22+. The molecule has 0 amide bonds. The summed E-state index contributed by atoms with van der Waals surface area (Å²) in [6, 6.07) is 42.2. The van der Waals surface area contributed by atoms with E-state index in [1.807, 2.05) is 12.1 Å². The van der Waals surface area contributed by atoms with E-state index in [9.17, 15) is 15.2 Å². The number of nitriles is 1. The van der Waals surface area contributed by atoms with Crippen molar-refractivity contribution in [3.05, 3.63) is 147 Å². The van der Waals surface area contributed by atoms with Gasteiger partial charge in [0.05, 0.1) is 6.04 Å². The zero-order valence-electron chi connectivity index (χ0n) is 27.8. The van der Waals surface area contributed by atoms with Gasteiger partial charge in [-0.25, -0.2) is 4.79 Å². The van der Waals surface area contributed by atoms with Crippen LogP contribution in [-0.4, -0.2) is 11.1 Å². The summed E-state index contributed by atoms with van der Waals surface area (Å²) >= 11 is 3.26. The molecule has 2 unspecified atom stereocenters. The van der Waals surface area contributed by atoms with Crippen LogP contribution in [0.1, 0.15) is 71.3 Å². The molecule has 0 bridgehead atoms. The average molecular weight is 687 g/mol. The van der Waals surface area contributed by atoms with E-state index >= 15 is 0 Å². The zero-order valence-corrected chi connectivity index (χ0v) is 29.4. The van der Waals surface area contributed by atoms with Crippen LogP contribution in [0.3, 0.4) is 0 Å².